The second-order valence-corrected chi connectivity index (χ2v) is 5.99. The zero-order valence-electron chi connectivity index (χ0n) is 11.9. The number of nitrogens with two attached hydrogens (primary N) is 1. The average Bonchev–Trinajstić information content (AvgIpc) is 2.46. The molecule has 1 unspecified atom stereocenters. The van der Waals surface area contributed by atoms with E-state index in [1.165, 1.54) is 0 Å². The summed E-state index contributed by atoms with van der Waals surface area (Å²) in [6.45, 7) is 8.40. The normalized spacial score (nSPS) is 21.2. The van der Waals surface area contributed by atoms with Crippen molar-refractivity contribution in [2.75, 3.05) is 31.1 Å². The molecule has 2 rings (SSSR count). The Morgan fingerprint density at radius 2 is 2.25 bits per heavy atom. The Bertz CT molecular complexity index is 506. The van der Waals surface area contributed by atoms with E-state index in [9.17, 15) is 0 Å². The van der Waals surface area contributed by atoms with E-state index >= 15 is 0 Å². The maximum absolute atomic E-state index is 8.94. The maximum atomic E-state index is 8.94. The number of benzene rings is 1. The topological polar surface area (TPSA) is 65.1 Å². The molecule has 3 N–H and O–H groups in total. The summed E-state index contributed by atoms with van der Waals surface area (Å²) < 4.78 is 0.993. The monoisotopic (exact) mass is 340 g/mol. The van der Waals surface area contributed by atoms with Gasteiger partial charge in [-0.15, -0.1) is 0 Å². The van der Waals surface area contributed by atoms with Crippen molar-refractivity contribution in [1.29, 1.82) is 0 Å². The number of anilines is 1. The van der Waals surface area contributed by atoms with Crippen LogP contribution in [0.15, 0.2) is 27.8 Å². The van der Waals surface area contributed by atoms with Crippen molar-refractivity contribution < 1.29 is 5.21 Å². The molecule has 20 heavy (non-hydrogen) atoms. The molecule has 0 aliphatic carbocycles. The van der Waals surface area contributed by atoms with E-state index in [1.807, 2.05) is 18.2 Å². The molecule has 0 radical (unpaired) electrons. The molecule has 1 aliphatic heterocycles. The highest BCUT2D eigenvalue weighted by atomic mass is 79.9. The van der Waals surface area contributed by atoms with Crippen LogP contribution in [0, 0.1) is 0 Å². The maximum Gasteiger partial charge on any atom is 0.172 e. The molecule has 1 atom stereocenters. The fourth-order valence-electron chi connectivity index (χ4n) is 2.72. The summed E-state index contributed by atoms with van der Waals surface area (Å²) in [5, 5.41) is 12.1. The van der Waals surface area contributed by atoms with Gasteiger partial charge in [0.25, 0.3) is 0 Å². The van der Waals surface area contributed by atoms with E-state index in [2.05, 4.69) is 44.7 Å². The number of hydrogen-bond acceptors (Lipinski definition) is 4. The van der Waals surface area contributed by atoms with Crippen LogP contribution in [0.3, 0.4) is 0 Å². The van der Waals surface area contributed by atoms with Crippen molar-refractivity contribution >= 4 is 27.5 Å². The van der Waals surface area contributed by atoms with Gasteiger partial charge in [0.05, 0.1) is 0 Å². The van der Waals surface area contributed by atoms with Gasteiger partial charge in [0, 0.05) is 41.4 Å². The fraction of sp³-hybridized carbons (Fsp3) is 0.500. The molecule has 0 aromatic heterocycles. The summed E-state index contributed by atoms with van der Waals surface area (Å²) in [7, 11) is 0. The number of nitrogens with zero attached hydrogens (tertiary/aromatic N) is 3. The minimum atomic E-state index is 0.151. The SMILES string of the molecule is CCN1CCN(c2cc(Br)ccc2/C(N)=N/O)CC1C. The Labute approximate surface area is 128 Å². The molecule has 110 valence electrons. The molecule has 1 heterocycles. The van der Waals surface area contributed by atoms with Crippen LogP contribution in [0.25, 0.3) is 0 Å². The van der Waals surface area contributed by atoms with Crippen LogP contribution in [-0.2, 0) is 0 Å². The summed E-state index contributed by atoms with van der Waals surface area (Å²) in [4.78, 5) is 4.76. The Balaban J connectivity index is 2.30. The first kappa shape index (κ1) is 15.1. The molecule has 0 bridgehead atoms. The Kier molecular flexibility index (Phi) is 4.88. The number of hydrogen-bond donors (Lipinski definition) is 2. The molecule has 5 nitrogen and oxygen atoms in total. The predicted molar refractivity (Wildman–Crippen MR) is 85.6 cm³/mol. The summed E-state index contributed by atoms with van der Waals surface area (Å²) in [6.07, 6.45) is 0. The third kappa shape index (κ3) is 3.07. The van der Waals surface area contributed by atoms with Gasteiger partial charge in [0.2, 0.25) is 0 Å². The zero-order valence-corrected chi connectivity index (χ0v) is 13.5. The predicted octanol–water partition coefficient (Wildman–Crippen LogP) is 2.07. The standard InChI is InChI=1S/C14H21BrN4O/c1-3-18-6-7-19(9-10(18)2)13-8-11(15)4-5-12(13)14(16)17-20/h4-5,8,10,20H,3,6-7,9H2,1-2H3,(H2,16,17). The van der Waals surface area contributed by atoms with E-state index in [0.717, 1.165) is 41.9 Å². The van der Waals surface area contributed by atoms with Crippen molar-refractivity contribution in [2.45, 2.75) is 19.9 Å². The molecule has 0 spiro atoms. The van der Waals surface area contributed by atoms with Crippen LogP contribution in [0.5, 0.6) is 0 Å². The number of likely N-dealkylation sites (N-methyl/N-ethyl adjacent to an activating group) is 1. The van der Waals surface area contributed by atoms with E-state index < -0.39 is 0 Å². The largest absolute Gasteiger partial charge is 0.409 e. The Morgan fingerprint density at radius 1 is 1.50 bits per heavy atom. The molecule has 6 heteroatoms. The van der Waals surface area contributed by atoms with Crippen molar-refractivity contribution in [1.82, 2.24) is 4.90 Å². The molecule has 0 saturated carbocycles. The number of oxime groups is 1. The summed E-state index contributed by atoms with van der Waals surface area (Å²) >= 11 is 3.49. The summed E-state index contributed by atoms with van der Waals surface area (Å²) in [6, 6.07) is 6.31. The highest BCUT2D eigenvalue weighted by Crippen LogP contribution is 2.27. The molecule has 1 aromatic carbocycles. The smallest absolute Gasteiger partial charge is 0.172 e. The summed E-state index contributed by atoms with van der Waals surface area (Å²) in [5.74, 6) is 0.151. The Morgan fingerprint density at radius 3 is 2.85 bits per heavy atom. The van der Waals surface area contributed by atoms with Gasteiger partial charge < -0.3 is 15.8 Å². The number of amidine groups is 1. The molecule has 0 amide bonds. The van der Waals surface area contributed by atoms with E-state index in [4.69, 9.17) is 10.9 Å². The van der Waals surface area contributed by atoms with Gasteiger partial charge in [-0.3, -0.25) is 4.90 Å². The number of rotatable bonds is 3. The Hall–Kier alpha value is -1.27. The lowest BCUT2D eigenvalue weighted by molar-refractivity contribution is 0.199. The van der Waals surface area contributed by atoms with Crippen LogP contribution in [0.4, 0.5) is 5.69 Å². The lowest BCUT2D eigenvalue weighted by Crippen LogP contribution is -2.52. The molecule has 1 aromatic rings. The van der Waals surface area contributed by atoms with E-state index in [0.29, 0.717) is 6.04 Å². The molecular weight excluding hydrogens is 320 g/mol. The first-order valence-corrected chi connectivity index (χ1v) is 7.62. The fourth-order valence-corrected chi connectivity index (χ4v) is 3.07. The van der Waals surface area contributed by atoms with Crippen LogP contribution in [0.2, 0.25) is 0 Å². The van der Waals surface area contributed by atoms with Crippen molar-refractivity contribution in [3.8, 4) is 0 Å². The second-order valence-electron chi connectivity index (χ2n) is 5.07. The lowest BCUT2D eigenvalue weighted by Gasteiger charge is -2.41. The molecule has 1 fully saturated rings. The molecule has 1 saturated heterocycles. The number of halogens is 1. The quantitative estimate of drug-likeness (QED) is 0.382. The van der Waals surface area contributed by atoms with E-state index in [-0.39, 0.29) is 5.84 Å². The van der Waals surface area contributed by atoms with Crippen LogP contribution < -0.4 is 10.6 Å². The minimum Gasteiger partial charge on any atom is -0.409 e. The third-order valence-electron chi connectivity index (χ3n) is 3.86. The van der Waals surface area contributed by atoms with Gasteiger partial charge in [-0.1, -0.05) is 28.0 Å². The van der Waals surface area contributed by atoms with Crippen molar-refractivity contribution in [3.63, 3.8) is 0 Å². The first-order chi connectivity index (χ1) is 9.56. The number of piperazine rings is 1. The molecular formula is C14H21BrN4O. The van der Waals surface area contributed by atoms with Gasteiger partial charge in [-0.25, -0.2) is 0 Å². The highest BCUT2D eigenvalue weighted by molar-refractivity contribution is 9.10. The van der Waals surface area contributed by atoms with Gasteiger partial charge in [-0.2, -0.15) is 0 Å². The van der Waals surface area contributed by atoms with Crippen molar-refractivity contribution in [3.05, 3.63) is 28.2 Å². The van der Waals surface area contributed by atoms with Gasteiger partial charge in [-0.05, 0) is 31.7 Å². The van der Waals surface area contributed by atoms with Gasteiger partial charge >= 0.3 is 0 Å². The van der Waals surface area contributed by atoms with Gasteiger partial charge in [0.1, 0.15) is 0 Å². The second kappa shape index (κ2) is 6.45. The highest BCUT2D eigenvalue weighted by Gasteiger charge is 2.24. The van der Waals surface area contributed by atoms with Crippen LogP contribution in [-0.4, -0.2) is 48.2 Å². The van der Waals surface area contributed by atoms with E-state index in [1.54, 1.807) is 0 Å². The summed E-state index contributed by atoms with van der Waals surface area (Å²) in [5.41, 5.74) is 7.57. The minimum absolute atomic E-state index is 0.151. The average molecular weight is 341 g/mol. The zero-order chi connectivity index (χ0) is 14.7. The van der Waals surface area contributed by atoms with Crippen LogP contribution >= 0.6 is 15.9 Å². The van der Waals surface area contributed by atoms with Crippen LogP contribution in [0.1, 0.15) is 19.4 Å². The lowest BCUT2D eigenvalue weighted by atomic mass is 10.1. The molecule has 1 aliphatic rings. The first-order valence-electron chi connectivity index (χ1n) is 6.83. The van der Waals surface area contributed by atoms with Gasteiger partial charge in [0.15, 0.2) is 5.84 Å². The third-order valence-corrected chi connectivity index (χ3v) is 4.35. The van der Waals surface area contributed by atoms with Crippen molar-refractivity contribution in [2.24, 2.45) is 10.9 Å².